The van der Waals surface area contributed by atoms with Crippen molar-refractivity contribution in [2.75, 3.05) is 17.4 Å². The fourth-order valence-electron chi connectivity index (χ4n) is 3.73. The third-order valence-electron chi connectivity index (χ3n) is 5.87. The van der Waals surface area contributed by atoms with Gasteiger partial charge in [0.25, 0.3) is 10.0 Å². The topological polar surface area (TPSA) is 86.8 Å². The maximum absolute atomic E-state index is 13.8. The summed E-state index contributed by atoms with van der Waals surface area (Å²) in [7, 11) is -4.25. The van der Waals surface area contributed by atoms with Gasteiger partial charge in [0, 0.05) is 18.1 Å². The minimum atomic E-state index is -4.25. The number of likely N-dealkylation sites (N-methyl/N-ethyl adjacent to an activating group) is 1. The second kappa shape index (κ2) is 12.8. The molecule has 0 radical (unpaired) electrons. The maximum Gasteiger partial charge on any atom is 0.264 e. The molecule has 11 heteroatoms. The summed E-state index contributed by atoms with van der Waals surface area (Å²) in [5, 5.41) is 3.36. The van der Waals surface area contributed by atoms with E-state index in [1.54, 1.807) is 56.3 Å². The number of nitrogens with zero attached hydrogens (tertiary/aromatic N) is 2. The zero-order valence-corrected chi connectivity index (χ0v) is 24.2. The van der Waals surface area contributed by atoms with Gasteiger partial charge in [0.15, 0.2) is 0 Å². The largest absolute Gasteiger partial charge is 0.355 e. The Hall–Kier alpha value is -2.78. The SMILES string of the molecule is CCNC(=O)C(C)N(Cc1ccc(Cl)cc1)C(=O)CN(c1cccc(Cl)c1Cl)S(=O)(=O)c1ccc(C)cc1. The molecular weight excluding hydrogens is 569 g/mol. The molecular formula is C27H28Cl3N3O4S. The molecule has 0 bridgehead atoms. The van der Waals surface area contributed by atoms with Crippen LogP contribution in [0.4, 0.5) is 5.69 Å². The van der Waals surface area contributed by atoms with E-state index in [9.17, 15) is 18.0 Å². The number of anilines is 1. The van der Waals surface area contributed by atoms with Crippen LogP contribution in [0.5, 0.6) is 0 Å². The van der Waals surface area contributed by atoms with Crippen LogP contribution in [-0.4, -0.2) is 44.3 Å². The first-order chi connectivity index (χ1) is 17.9. The quantitative estimate of drug-likeness (QED) is 0.325. The molecule has 1 N–H and O–H groups in total. The van der Waals surface area contributed by atoms with Gasteiger partial charge in [-0.2, -0.15) is 0 Å². The van der Waals surface area contributed by atoms with E-state index < -0.39 is 28.5 Å². The van der Waals surface area contributed by atoms with Crippen LogP contribution >= 0.6 is 34.8 Å². The van der Waals surface area contributed by atoms with E-state index >= 15 is 0 Å². The highest BCUT2D eigenvalue weighted by Crippen LogP contribution is 2.35. The molecule has 0 aliphatic heterocycles. The highest BCUT2D eigenvalue weighted by Gasteiger charge is 2.33. The van der Waals surface area contributed by atoms with Gasteiger partial charge in [-0.15, -0.1) is 0 Å². The Balaban J connectivity index is 2.07. The lowest BCUT2D eigenvalue weighted by Crippen LogP contribution is -2.51. The molecule has 0 aromatic heterocycles. The van der Waals surface area contributed by atoms with Crippen molar-refractivity contribution in [3.05, 3.63) is 92.9 Å². The van der Waals surface area contributed by atoms with Crippen molar-refractivity contribution < 1.29 is 18.0 Å². The predicted octanol–water partition coefficient (Wildman–Crippen LogP) is 5.70. The van der Waals surface area contributed by atoms with Crippen LogP contribution in [0.25, 0.3) is 0 Å². The second-order valence-electron chi connectivity index (χ2n) is 8.62. The molecule has 0 aliphatic carbocycles. The maximum atomic E-state index is 13.8. The first-order valence-corrected chi connectivity index (χ1v) is 14.4. The number of hydrogen-bond donors (Lipinski definition) is 1. The van der Waals surface area contributed by atoms with Gasteiger partial charge in [-0.1, -0.05) is 70.7 Å². The van der Waals surface area contributed by atoms with Gasteiger partial charge in [-0.25, -0.2) is 8.42 Å². The Kier molecular flexibility index (Phi) is 10.1. The van der Waals surface area contributed by atoms with Gasteiger partial charge in [0.2, 0.25) is 11.8 Å². The highest BCUT2D eigenvalue weighted by molar-refractivity contribution is 7.92. The molecule has 0 fully saturated rings. The predicted molar refractivity (Wildman–Crippen MR) is 152 cm³/mol. The molecule has 0 spiro atoms. The molecule has 3 rings (SSSR count). The van der Waals surface area contributed by atoms with Crippen molar-refractivity contribution in [2.24, 2.45) is 0 Å². The normalized spacial score (nSPS) is 12.1. The van der Waals surface area contributed by atoms with Gasteiger partial charge < -0.3 is 10.2 Å². The highest BCUT2D eigenvalue weighted by atomic mass is 35.5. The zero-order chi connectivity index (χ0) is 28.0. The van der Waals surface area contributed by atoms with Gasteiger partial charge in [0.1, 0.15) is 12.6 Å². The molecule has 3 aromatic rings. The average molecular weight is 597 g/mol. The Morgan fingerprint density at radius 1 is 0.947 bits per heavy atom. The summed E-state index contributed by atoms with van der Waals surface area (Å²) in [6.45, 7) is 5.00. The van der Waals surface area contributed by atoms with Crippen molar-refractivity contribution in [1.29, 1.82) is 0 Å². The lowest BCUT2D eigenvalue weighted by Gasteiger charge is -2.32. The van der Waals surface area contributed by atoms with Crippen LogP contribution in [0.15, 0.2) is 71.6 Å². The monoisotopic (exact) mass is 595 g/mol. The van der Waals surface area contributed by atoms with E-state index in [0.717, 1.165) is 9.87 Å². The average Bonchev–Trinajstić information content (AvgIpc) is 2.88. The number of hydrogen-bond acceptors (Lipinski definition) is 4. The van der Waals surface area contributed by atoms with Crippen molar-refractivity contribution in [3.8, 4) is 0 Å². The Morgan fingerprint density at radius 3 is 2.18 bits per heavy atom. The number of amides is 2. The molecule has 3 aromatic carbocycles. The third-order valence-corrected chi connectivity index (χ3v) is 8.71. The van der Waals surface area contributed by atoms with Crippen LogP contribution in [0.3, 0.4) is 0 Å². The summed E-state index contributed by atoms with van der Waals surface area (Å²) in [5.74, 6) is -0.978. The van der Waals surface area contributed by atoms with Crippen LogP contribution in [0.1, 0.15) is 25.0 Å². The summed E-state index contributed by atoms with van der Waals surface area (Å²) in [5.41, 5.74) is 1.63. The van der Waals surface area contributed by atoms with Crippen LogP contribution < -0.4 is 9.62 Å². The van der Waals surface area contributed by atoms with Crippen LogP contribution in [-0.2, 0) is 26.2 Å². The second-order valence-corrected chi connectivity index (χ2v) is 11.7. The molecule has 202 valence electrons. The molecule has 1 unspecified atom stereocenters. The first-order valence-electron chi connectivity index (χ1n) is 11.8. The lowest BCUT2D eigenvalue weighted by atomic mass is 10.1. The van der Waals surface area contributed by atoms with E-state index in [1.807, 2.05) is 6.92 Å². The van der Waals surface area contributed by atoms with Crippen molar-refractivity contribution >= 4 is 62.3 Å². The number of sulfonamides is 1. The molecule has 38 heavy (non-hydrogen) atoms. The fourth-order valence-corrected chi connectivity index (χ4v) is 5.73. The van der Waals surface area contributed by atoms with Crippen molar-refractivity contribution in [2.45, 2.75) is 38.3 Å². The van der Waals surface area contributed by atoms with E-state index in [2.05, 4.69) is 5.32 Å². The van der Waals surface area contributed by atoms with Crippen molar-refractivity contribution in [3.63, 3.8) is 0 Å². The van der Waals surface area contributed by atoms with Gasteiger partial charge in [-0.3, -0.25) is 13.9 Å². The van der Waals surface area contributed by atoms with Crippen LogP contribution in [0, 0.1) is 6.92 Å². The molecule has 0 heterocycles. The number of nitrogens with one attached hydrogen (secondary N) is 1. The zero-order valence-electron chi connectivity index (χ0n) is 21.1. The molecule has 0 aliphatic rings. The third kappa shape index (κ3) is 6.99. The lowest BCUT2D eigenvalue weighted by molar-refractivity contribution is -0.139. The van der Waals surface area contributed by atoms with E-state index in [1.165, 1.54) is 29.2 Å². The number of carbonyl (C=O) groups excluding carboxylic acids is 2. The molecule has 7 nitrogen and oxygen atoms in total. The minimum absolute atomic E-state index is 0.0151. The number of halogens is 3. The van der Waals surface area contributed by atoms with E-state index in [-0.39, 0.29) is 33.1 Å². The van der Waals surface area contributed by atoms with Crippen LogP contribution in [0.2, 0.25) is 15.1 Å². The fraction of sp³-hybridized carbons (Fsp3) is 0.259. The Morgan fingerprint density at radius 2 is 1.58 bits per heavy atom. The summed E-state index contributed by atoms with van der Waals surface area (Å²) >= 11 is 18.6. The molecule has 0 saturated carbocycles. The number of carbonyl (C=O) groups is 2. The Labute approximate surface area is 238 Å². The Bertz CT molecular complexity index is 1400. The number of rotatable bonds is 10. The van der Waals surface area contributed by atoms with Gasteiger partial charge in [0.05, 0.1) is 20.6 Å². The standard InChI is InChI=1S/C27H28Cl3N3O4S/c1-4-31-27(35)19(3)32(16-20-10-12-21(28)13-11-20)25(34)17-33(24-7-5-6-23(29)26(24)30)38(36,37)22-14-8-18(2)9-15-22/h5-15,19H,4,16-17H2,1-3H3,(H,31,35). The van der Waals surface area contributed by atoms with Crippen molar-refractivity contribution in [1.82, 2.24) is 10.2 Å². The number of aryl methyl sites for hydroxylation is 1. The van der Waals surface area contributed by atoms with E-state index in [0.29, 0.717) is 17.1 Å². The van der Waals surface area contributed by atoms with Gasteiger partial charge in [-0.05, 0) is 62.7 Å². The molecule has 2 amide bonds. The molecule has 0 saturated heterocycles. The molecule has 1 atom stereocenters. The summed E-state index contributed by atoms with van der Waals surface area (Å²) in [6, 6.07) is 16.7. The number of benzene rings is 3. The first kappa shape index (κ1) is 29.8. The summed E-state index contributed by atoms with van der Waals surface area (Å²) in [6.07, 6.45) is 0. The minimum Gasteiger partial charge on any atom is -0.355 e. The van der Waals surface area contributed by atoms with E-state index in [4.69, 9.17) is 34.8 Å². The summed E-state index contributed by atoms with van der Waals surface area (Å²) < 4.78 is 28.6. The summed E-state index contributed by atoms with van der Waals surface area (Å²) in [4.78, 5) is 27.9. The van der Waals surface area contributed by atoms with Gasteiger partial charge >= 0.3 is 0 Å². The smallest absolute Gasteiger partial charge is 0.264 e.